The van der Waals surface area contributed by atoms with E-state index in [0.717, 1.165) is 38.5 Å². The normalized spacial score (nSPS) is 21.2. The predicted molar refractivity (Wildman–Crippen MR) is 52.5 cm³/mol. The second kappa shape index (κ2) is 4.64. The summed E-state index contributed by atoms with van der Waals surface area (Å²) in [5.41, 5.74) is -0.0984. The molecule has 0 bridgehead atoms. The topological polar surface area (TPSA) is 26.3 Å². The van der Waals surface area contributed by atoms with Crippen molar-refractivity contribution in [2.24, 2.45) is 0 Å². The molecule has 0 radical (unpaired) electrons. The number of carbonyl (C=O) groups is 1. The van der Waals surface area contributed by atoms with E-state index in [2.05, 4.69) is 13.8 Å². The van der Waals surface area contributed by atoms with E-state index in [0.29, 0.717) is 6.42 Å². The molecule has 1 rings (SSSR count). The van der Waals surface area contributed by atoms with Crippen LogP contribution in [0.1, 0.15) is 58.8 Å². The second-order valence-corrected chi connectivity index (χ2v) is 4.01. The lowest BCUT2D eigenvalue weighted by molar-refractivity contribution is -0.169. The van der Waals surface area contributed by atoms with Gasteiger partial charge < -0.3 is 4.74 Å². The maximum atomic E-state index is 11.2. The molecular formula is C11H20O2. The molecule has 13 heavy (non-hydrogen) atoms. The molecule has 1 saturated heterocycles. The van der Waals surface area contributed by atoms with Crippen molar-refractivity contribution in [3.8, 4) is 0 Å². The van der Waals surface area contributed by atoms with Gasteiger partial charge in [0.05, 0.1) is 0 Å². The average Bonchev–Trinajstić information content (AvgIpc) is 2.04. The zero-order valence-electron chi connectivity index (χ0n) is 8.77. The summed E-state index contributed by atoms with van der Waals surface area (Å²) >= 11 is 0. The summed E-state index contributed by atoms with van der Waals surface area (Å²) in [6.07, 6.45) is 6.98. The van der Waals surface area contributed by atoms with Crippen LogP contribution in [0.3, 0.4) is 0 Å². The zero-order chi connectivity index (χ0) is 9.73. The van der Waals surface area contributed by atoms with Crippen LogP contribution in [-0.4, -0.2) is 11.6 Å². The first-order chi connectivity index (χ1) is 6.22. The van der Waals surface area contributed by atoms with E-state index in [1.54, 1.807) is 0 Å². The Morgan fingerprint density at radius 1 is 1.31 bits per heavy atom. The quantitative estimate of drug-likeness (QED) is 0.628. The number of cyclic esters (lactones) is 1. The summed E-state index contributed by atoms with van der Waals surface area (Å²) in [6, 6.07) is 0. The molecule has 0 aromatic carbocycles. The Morgan fingerprint density at radius 3 is 2.38 bits per heavy atom. The fourth-order valence-electron chi connectivity index (χ4n) is 2.29. The summed E-state index contributed by atoms with van der Waals surface area (Å²) < 4.78 is 5.52. The number of ether oxygens (including phenoxy) is 1. The molecule has 76 valence electrons. The highest BCUT2D eigenvalue weighted by molar-refractivity contribution is 5.70. The standard InChI is InChI=1S/C11H20O2/c1-3-7-11(8-4-2)9-5-6-10(12)13-11/h3-9H2,1-2H3. The molecule has 0 atom stereocenters. The molecule has 2 nitrogen and oxygen atoms in total. The molecular weight excluding hydrogens is 164 g/mol. The van der Waals surface area contributed by atoms with Crippen LogP contribution in [0.15, 0.2) is 0 Å². The molecule has 0 saturated carbocycles. The van der Waals surface area contributed by atoms with E-state index in [9.17, 15) is 4.79 Å². The van der Waals surface area contributed by atoms with Crippen molar-refractivity contribution >= 4 is 5.97 Å². The molecule has 0 N–H and O–H groups in total. The summed E-state index contributed by atoms with van der Waals surface area (Å²) in [6.45, 7) is 4.31. The third-order valence-electron chi connectivity index (χ3n) is 2.75. The van der Waals surface area contributed by atoms with Crippen molar-refractivity contribution in [3.63, 3.8) is 0 Å². The van der Waals surface area contributed by atoms with Crippen LogP contribution in [0.25, 0.3) is 0 Å². The fourth-order valence-corrected chi connectivity index (χ4v) is 2.29. The molecule has 1 fully saturated rings. The molecule has 0 aromatic heterocycles. The number of carbonyl (C=O) groups excluding carboxylic acids is 1. The molecule has 0 aromatic rings. The summed E-state index contributed by atoms with van der Waals surface area (Å²) in [4.78, 5) is 11.2. The molecule has 0 spiro atoms. The Balaban J connectivity index is 2.58. The Labute approximate surface area is 80.7 Å². The van der Waals surface area contributed by atoms with E-state index in [1.807, 2.05) is 0 Å². The lowest BCUT2D eigenvalue weighted by Crippen LogP contribution is -2.38. The highest BCUT2D eigenvalue weighted by atomic mass is 16.6. The number of hydrogen-bond acceptors (Lipinski definition) is 2. The first-order valence-corrected chi connectivity index (χ1v) is 5.44. The van der Waals surface area contributed by atoms with Crippen LogP contribution in [0.2, 0.25) is 0 Å². The lowest BCUT2D eigenvalue weighted by Gasteiger charge is -2.36. The Morgan fingerprint density at radius 2 is 1.92 bits per heavy atom. The minimum absolute atomic E-state index is 0.00755. The van der Waals surface area contributed by atoms with Gasteiger partial charge in [-0.15, -0.1) is 0 Å². The van der Waals surface area contributed by atoms with Gasteiger partial charge in [-0.3, -0.25) is 4.79 Å². The highest BCUT2D eigenvalue weighted by Crippen LogP contribution is 2.34. The van der Waals surface area contributed by atoms with Gasteiger partial charge in [-0.2, -0.15) is 0 Å². The molecule has 0 amide bonds. The third kappa shape index (κ3) is 2.71. The molecule has 0 unspecified atom stereocenters. The smallest absolute Gasteiger partial charge is 0.306 e. The van der Waals surface area contributed by atoms with E-state index in [1.165, 1.54) is 0 Å². The predicted octanol–water partition coefficient (Wildman–Crippen LogP) is 3.05. The van der Waals surface area contributed by atoms with E-state index in [4.69, 9.17) is 4.74 Å². The van der Waals surface area contributed by atoms with Gasteiger partial charge in [-0.1, -0.05) is 26.7 Å². The zero-order valence-corrected chi connectivity index (χ0v) is 8.77. The van der Waals surface area contributed by atoms with E-state index in [-0.39, 0.29) is 11.6 Å². The summed E-state index contributed by atoms with van der Waals surface area (Å²) in [5, 5.41) is 0. The van der Waals surface area contributed by atoms with Gasteiger partial charge in [0.1, 0.15) is 5.60 Å². The van der Waals surface area contributed by atoms with Crippen molar-refractivity contribution in [2.75, 3.05) is 0 Å². The van der Waals surface area contributed by atoms with E-state index < -0.39 is 0 Å². The first-order valence-electron chi connectivity index (χ1n) is 5.44. The third-order valence-corrected chi connectivity index (χ3v) is 2.75. The van der Waals surface area contributed by atoms with Crippen molar-refractivity contribution in [1.82, 2.24) is 0 Å². The Hall–Kier alpha value is -0.530. The number of esters is 1. The molecule has 1 aliphatic rings. The van der Waals surface area contributed by atoms with Crippen molar-refractivity contribution in [2.45, 2.75) is 64.4 Å². The van der Waals surface area contributed by atoms with Crippen molar-refractivity contribution < 1.29 is 9.53 Å². The molecule has 0 aliphatic carbocycles. The minimum atomic E-state index is -0.0984. The Bertz CT molecular complexity index is 163. The van der Waals surface area contributed by atoms with Crippen molar-refractivity contribution in [1.29, 1.82) is 0 Å². The Kier molecular flexibility index (Phi) is 3.76. The van der Waals surface area contributed by atoms with Crippen LogP contribution in [0, 0.1) is 0 Å². The SMILES string of the molecule is CCCC1(CCC)CCCC(=O)O1. The van der Waals surface area contributed by atoms with E-state index >= 15 is 0 Å². The molecule has 1 aliphatic heterocycles. The van der Waals surface area contributed by atoms with Crippen LogP contribution in [-0.2, 0) is 9.53 Å². The maximum absolute atomic E-state index is 11.2. The van der Waals surface area contributed by atoms with Gasteiger partial charge in [0.15, 0.2) is 0 Å². The van der Waals surface area contributed by atoms with Gasteiger partial charge in [0.25, 0.3) is 0 Å². The van der Waals surface area contributed by atoms with Crippen LogP contribution < -0.4 is 0 Å². The lowest BCUT2D eigenvalue weighted by atomic mass is 9.85. The van der Waals surface area contributed by atoms with Crippen LogP contribution in [0.5, 0.6) is 0 Å². The van der Waals surface area contributed by atoms with Gasteiger partial charge in [-0.25, -0.2) is 0 Å². The van der Waals surface area contributed by atoms with Crippen LogP contribution >= 0.6 is 0 Å². The molecule has 1 heterocycles. The van der Waals surface area contributed by atoms with Crippen molar-refractivity contribution in [3.05, 3.63) is 0 Å². The summed E-state index contributed by atoms with van der Waals surface area (Å²) in [7, 11) is 0. The van der Waals surface area contributed by atoms with Gasteiger partial charge in [0.2, 0.25) is 0 Å². The number of hydrogen-bond donors (Lipinski definition) is 0. The largest absolute Gasteiger partial charge is 0.459 e. The van der Waals surface area contributed by atoms with Gasteiger partial charge in [-0.05, 0) is 25.7 Å². The summed E-state index contributed by atoms with van der Waals surface area (Å²) in [5.74, 6) is 0.00755. The van der Waals surface area contributed by atoms with Gasteiger partial charge in [0, 0.05) is 6.42 Å². The fraction of sp³-hybridized carbons (Fsp3) is 0.909. The average molecular weight is 184 g/mol. The number of rotatable bonds is 4. The highest BCUT2D eigenvalue weighted by Gasteiger charge is 2.35. The maximum Gasteiger partial charge on any atom is 0.306 e. The van der Waals surface area contributed by atoms with Crippen LogP contribution in [0.4, 0.5) is 0 Å². The monoisotopic (exact) mass is 184 g/mol. The van der Waals surface area contributed by atoms with Gasteiger partial charge >= 0.3 is 5.97 Å². The second-order valence-electron chi connectivity index (χ2n) is 4.01. The first kappa shape index (κ1) is 10.6. The molecule has 2 heteroatoms. The minimum Gasteiger partial charge on any atom is -0.459 e.